The van der Waals surface area contributed by atoms with Gasteiger partial charge in [-0.05, 0) is 12.1 Å². The zero-order chi connectivity index (χ0) is 9.90. The van der Waals surface area contributed by atoms with Gasteiger partial charge in [0.2, 0.25) is 0 Å². The third-order valence-electron chi connectivity index (χ3n) is 1.40. The molecule has 0 N–H and O–H groups in total. The largest absolute Gasteiger partial charge is 0.243 e. The van der Waals surface area contributed by atoms with Crippen molar-refractivity contribution >= 4 is 21.4 Å². The standard InChI is InChI=1S/C8H8ClNO2S/c1-2-6-13(11,12)7-4-3-5-10-8(7)9/h2-5H,1,6H2. The molecule has 0 saturated heterocycles. The van der Waals surface area contributed by atoms with Crippen LogP contribution < -0.4 is 0 Å². The van der Waals surface area contributed by atoms with Gasteiger partial charge in [-0.2, -0.15) is 0 Å². The number of halogens is 1. The summed E-state index contributed by atoms with van der Waals surface area (Å²) in [6.07, 6.45) is 2.76. The van der Waals surface area contributed by atoms with Gasteiger partial charge in [0.05, 0.1) is 5.75 Å². The Labute approximate surface area is 82.0 Å². The summed E-state index contributed by atoms with van der Waals surface area (Å²) in [6.45, 7) is 3.36. The van der Waals surface area contributed by atoms with Crippen LogP contribution in [0, 0.1) is 0 Å². The average Bonchev–Trinajstić information content (AvgIpc) is 2.04. The molecule has 0 saturated carbocycles. The van der Waals surface area contributed by atoms with Crippen LogP contribution in [0.25, 0.3) is 0 Å². The van der Waals surface area contributed by atoms with Gasteiger partial charge >= 0.3 is 0 Å². The first-order chi connectivity index (χ1) is 6.08. The molecule has 0 aromatic carbocycles. The van der Waals surface area contributed by atoms with Crippen molar-refractivity contribution in [1.82, 2.24) is 4.98 Å². The Morgan fingerprint density at radius 3 is 2.85 bits per heavy atom. The van der Waals surface area contributed by atoms with Gasteiger partial charge in [0.15, 0.2) is 9.84 Å². The number of pyridine rings is 1. The van der Waals surface area contributed by atoms with E-state index < -0.39 is 9.84 Å². The van der Waals surface area contributed by atoms with Crippen molar-refractivity contribution in [3.05, 3.63) is 36.1 Å². The van der Waals surface area contributed by atoms with E-state index in [1.54, 1.807) is 0 Å². The average molecular weight is 218 g/mol. The first kappa shape index (κ1) is 10.2. The normalized spacial score (nSPS) is 11.2. The SMILES string of the molecule is C=CCS(=O)(=O)c1cccnc1Cl. The van der Waals surface area contributed by atoms with E-state index in [0.717, 1.165) is 0 Å². The van der Waals surface area contributed by atoms with Crippen LogP contribution >= 0.6 is 11.6 Å². The highest BCUT2D eigenvalue weighted by atomic mass is 35.5. The van der Waals surface area contributed by atoms with Crippen LogP contribution in [0.5, 0.6) is 0 Å². The second-order valence-corrected chi connectivity index (χ2v) is 4.72. The molecular weight excluding hydrogens is 210 g/mol. The molecule has 0 aliphatic rings. The van der Waals surface area contributed by atoms with Gasteiger partial charge < -0.3 is 0 Å². The molecule has 3 nitrogen and oxygen atoms in total. The molecular formula is C8H8ClNO2S. The van der Waals surface area contributed by atoms with Crippen LogP contribution in [0.15, 0.2) is 35.9 Å². The molecule has 0 radical (unpaired) electrons. The summed E-state index contributed by atoms with van der Waals surface area (Å²) < 4.78 is 22.9. The number of sulfone groups is 1. The van der Waals surface area contributed by atoms with Crippen molar-refractivity contribution in [1.29, 1.82) is 0 Å². The smallest absolute Gasteiger partial charge is 0.184 e. The lowest BCUT2D eigenvalue weighted by Gasteiger charge is -2.01. The summed E-state index contributed by atoms with van der Waals surface area (Å²) in [7, 11) is -3.35. The van der Waals surface area contributed by atoms with Gasteiger partial charge in [-0.1, -0.05) is 17.7 Å². The third-order valence-corrected chi connectivity index (χ3v) is 3.48. The Morgan fingerprint density at radius 2 is 2.31 bits per heavy atom. The number of nitrogens with zero attached hydrogens (tertiary/aromatic N) is 1. The van der Waals surface area contributed by atoms with E-state index in [1.807, 2.05) is 0 Å². The Balaban J connectivity index is 3.22. The van der Waals surface area contributed by atoms with E-state index in [9.17, 15) is 8.42 Å². The Hall–Kier alpha value is -0.870. The van der Waals surface area contributed by atoms with E-state index in [4.69, 9.17) is 11.6 Å². The highest BCUT2D eigenvalue weighted by Crippen LogP contribution is 2.18. The maximum atomic E-state index is 11.5. The van der Waals surface area contributed by atoms with Gasteiger partial charge in [0, 0.05) is 6.20 Å². The Morgan fingerprint density at radius 1 is 1.62 bits per heavy atom. The predicted octanol–water partition coefficient (Wildman–Crippen LogP) is 1.69. The molecule has 0 amide bonds. The minimum Gasteiger partial charge on any atom is -0.243 e. The molecule has 0 spiro atoms. The van der Waals surface area contributed by atoms with Gasteiger partial charge in [-0.25, -0.2) is 13.4 Å². The Bertz CT molecular complexity index is 414. The highest BCUT2D eigenvalue weighted by Gasteiger charge is 2.16. The third kappa shape index (κ3) is 2.29. The minimum atomic E-state index is -3.35. The molecule has 1 rings (SSSR count). The van der Waals surface area contributed by atoms with Crippen molar-refractivity contribution < 1.29 is 8.42 Å². The van der Waals surface area contributed by atoms with E-state index >= 15 is 0 Å². The molecule has 5 heteroatoms. The van der Waals surface area contributed by atoms with Crippen LogP contribution in [0.1, 0.15) is 0 Å². The Kier molecular flexibility index (Phi) is 3.06. The fourth-order valence-electron chi connectivity index (χ4n) is 0.848. The minimum absolute atomic E-state index is 0.00403. The first-order valence-electron chi connectivity index (χ1n) is 3.52. The quantitative estimate of drug-likeness (QED) is 0.572. The molecule has 1 aromatic rings. The van der Waals surface area contributed by atoms with Crippen molar-refractivity contribution in [2.75, 3.05) is 5.75 Å². The second kappa shape index (κ2) is 3.89. The molecule has 1 aromatic heterocycles. The highest BCUT2D eigenvalue weighted by molar-refractivity contribution is 7.91. The lowest BCUT2D eigenvalue weighted by molar-refractivity contribution is 0.598. The topological polar surface area (TPSA) is 47.0 Å². The fraction of sp³-hybridized carbons (Fsp3) is 0.125. The van der Waals surface area contributed by atoms with Crippen molar-refractivity contribution in [2.45, 2.75) is 4.90 Å². The zero-order valence-corrected chi connectivity index (χ0v) is 8.35. The second-order valence-electron chi connectivity index (χ2n) is 2.36. The van der Waals surface area contributed by atoms with Crippen LogP contribution in [0.2, 0.25) is 5.15 Å². The molecule has 0 atom stereocenters. The van der Waals surface area contributed by atoms with Crippen LogP contribution in [-0.4, -0.2) is 19.2 Å². The molecule has 0 bridgehead atoms. The van der Waals surface area contributed by atoms with E-state index in [1.165, 1.54) is 24.4 Å². The maximum absolute atomic E-state index is 11.5. The molecule has 1 heterocycles. The monoisotopic (exact) mass is 217 g/mol. The van der Waals surface area contributed by atoms with E-state index in [2.05, 4.69) is 11.6 Å². The molecule has 0 aliphatic carbocycles. The molecule has 0 aliphatic heterocycles. The zero-order valence-electron chi connectivity index (χ0n) is 6.77. The summed E-state index contributed by atoms with van der Waals surface area (Å²) in [5.41, 5.74) is 0. The lowest BCUT2D eigenvalue weighted by atomic mass is 10.5. The van der Waals surface area contributed by atoms with E-state index in [-0.39, 0.29) is 15.8 Å². The number of aromatic nitrogens is 1. The predicted molar refractivity (Wildman–Crippen MR) is 51.5 cm³/mol. The maximum Gasteiger partial charge on any atom is 0.184 e. The molecule has 70 valence electrons. The fourth-order valence-corrected chi connectivity index (χ4v) is 2.41. The van der Waals surface area contributed by atoms with Gasteiger partial charge in [-0.15, -0.1) is 6.58 Å². The van der Waals surface area contributed by atoms with Crippen molar-refractivity contribution in [2.24, 2.45) is 0 Å². The number of rotatable bonds is 3. The first-order valence-corrected chi connectivity index (χ1v) is 5.55. The van der Waals surface area contributed by atoms with Crippen LogP contribution in [-0.2, 0) is 9.84 Å². The van der Waals surface area contributed by atoms with Crippen LogP contribution in [0.3, 0.4) is 0 Å². The summed E-state index contributed by atoms with van der Waals surface area (Å²) in [5, 5.41) is 0.00403. The molecule has 0 unspecified atom stereocenters. The van der Waals surface area contributed by atoms with Crippen molar-refractivity contribution in [3.63, 3.8) is 0 Å². The number of hydrogen-bond donors (Lipinski definition) is 0. The van der Waals surface area contributed by atoms with Crippen LogP contribution in [0.4, 0.5) is 0 Å². The van der Waals surface area contributed by atoms with Gasteiger partial charge in [0.25, 0.3) is 0 Å². The summed E-state index contributed by atoms with van der Waals surface area (Å²) in [6, 6.07) is 2.95. The lowest BCUT2D eigenvalue weighted by Crippen LogP contribution is -2.05. The summed E-state index contributed by atoms with van der Waals surface area (Å²) in [5.74, 6) is -0.127. The van der Waals surface area contributed by atoms with Gasteiger partial charge in [0.1, 0.15) is 10.0 Å². The summed E-state index contributed by atoms with van der Waals surface area (Å²) >= 11 is 5.62. The molecule has 13 heavy (non-hydrogen) atoms. The van der Waals surface area contributed by atoms with Crippen molar-refractivity contribution in [3.8, 4) is 0 Å². The van der Waals surface area contributed by atoms with Gasteiger partial charge in [-0.3, -0.25) is 0 Å². The number of hydrogen-bond acceptors (Lipinski definition) is 3. The summed E-state index contributed by atoms with van der Waals surface area (Å²) in [4.78, 5) is 3.73. The van der Waals surface area contributed by atoms with E-state index in [0.29, 0.717) is 0 Å². The molecule has 0 fully saturated rings.